The van der Waals surface area contributed by atoms with Gasteiger partial charge in [-0.1, -0.05) is 16.9 Å². The minimum absolute atomic E-state index is 0.201. The number of carboxylic acid groups (broad SMARTS) is 1. The molecule has 2 rings (SSSR count). The summed E-state index contributed by atoms with van der Waals surface area (Å²) in [4.78, 5) is 14.9. The fraction of sp³-hybridized carbons (Fsp3) is 0.100. The van der Waals surface area contributed by atoms with Gasteiger partial charge in [0, 0.05) is 12.3 Å². The molecule has 6 heteroatoms. The Balaban J connectivity index is 2.12. The lowest BCUT2D eigenvalue weighted by Crippen LogP contribution is -2.00. The first kappa shape index (κ1) is 10.7. The van der Waals surface area contributed by atoms with Crippen LogP contribution in [0, 0.1) is 0 Å². The standard InChI is InChI=1S/C10H8N2O3S/c13-10(14)8-2-1-4-11-9(8)16-6-7-3-5-12-15-7/h1-5H,6H2,(H,13,14). The van der Waals surface area contributed by atoms with Gasteiger partial charge >= 0.3 is 5.97 Å². The van der Waals surface area contributed by atoms with Crippen molar-refractivity contribution in [2.75, 3.05) is 0 Å². The van der Waals surface area contributed by atoms with Crippen molar-refractivity contribution in [3.8, 4) is 0 Å². The third-order valence-corrected chi connectivity index (χ3v) is 2.87. The van der Waals surface area contributed by atoms with E-state index in [2.05, 4.69) is 10.1 Å². The first-order chi connectivity index (χ1) is 7.77. The molecule has 0 fully saturated rings. The fourth-order valence-electron chi connectivity index (χ4n) is 1.12. The molecule has 0 saturated carbocycles. The number of hydrogen-bond acceptors (Lipinski definition) is 5. The van der Waals surface area contributed by atoms with Gasteiger partial charge in [-0.05, 0) is 12.1 Å². The van der Waals surface area contributed by atoms with Gasteiger partial charge in [0.15, 0.2) is 0 Å². The summed E-state index contributed by atoms with van der Waals surface area (Å²) in [6.45, 7) is 0. The van der Waals surface area contributed by atoms with E-state index in [4.69, 9.17) is 9.63 Å². The summed E-state index contributed by atoms with van der Waals surface area (Å²) in [6.07, 6.45) is 3.11. The predicted molar refractivity (Wildman–Crippen MR) is 57.3 cm³/mol. The second-order valence-corrected chi connectivity index (χ2v) is 3.89. The molecule has 0 amide bonds. The van der Waals surface area contributed by atoms with Crippen LogP contribution in [0.1, 0.15) is 16.1 Å². The van der Waals surface area contributed by atoms with Crippen LogP contribution in [0.5, 0.6) is 0 Å². The highest BCUT2D eigenvalue weighted by molar-refractivity contribution is 7.98. The van der Waals surface area contributed by atoms with Crippen LogP contribution in [-0.2, 0) is 5.75 Å². The van der Waals surface area contributed by atoms with Crippen LogP contribution in [0.25, 0.3) is 0 Å². The van der Waals surface area contributed by atoms with E-state index in [9.17, 15) is 4.79 Å². The molecule has 0 spiro atoms. The van der Waals surface area contributed by atoms with Gasteiger partial charge in [-0.3, -0.25) is 0 Å². The van der Waals surface area contributed by atoms with E-state index in [-0.39, 0.29) is 5.56 Å². The maximum atomic E-state index is 10.9. The van der Waals surface area contributed by atoms with Crippen molar-refractivity contribution in [2.45, 2.75) is 10.8 Å². The van der Waals surface area contributed by atoms with E-state index in [1.165, 1.54) is 17.8 Å². The Kier molecular flexibility index (Phi) is 3.21. The summed E-state index contributed by atoms with van der Waals surface area (Å²) < 4.78 is 4.91. The predicted octanol–water partition coefficient (Wildman–Crippen LogP) is 2.06. The molecule has 0 aromatic carbocycles. The number of thioether (sulfide) groups is 1. The summed E-state index contributed by atoms with van der Waals surface area (Å²) in [5, 5.41) is 13.0. The van der Waals surface area contributed by atoms with Crippen molar-refractivity contribution in [3.63, 3.8) is 0 Å². The van der Waals surface area contributed by atoms with Gasteiger partial charge in [0.2, 0.25) is 0 Å². The van der Waals surface area contributed by atoms with Crippen LogP contribution in [0.2, 0.25) is 0 Å². The quantitative estimate of drug-likeness (QED) is 0.819. The van der Waals surface area contributed by atoms with Crippen molar-refractivity contribution >= 4 is 17.7 Å². The molecule has 0 aliphatic carbocycles. The van der Waals surface area contributed by atoms with Gasteiger partial charge in [-0.15, -0.1) is 0 Å². The maximum absolute atomic E-state index is 10.9. The summed E-state index contributed by atoms with van der Waals surface area (Å²) in [5.41, 5.74) is 0.201. The SMILES string of the molecule is O=C(O)c1cccnc1SCc1ccno1. The Morgan fingerprint density at radius 2 is 2.31 bits per heavy atom. The average Bonchev–Trinajstić information content (AvgIpc) is 2.79. The van der Waals surface area contributed by atoms with Crippen LogP contribution in [0.15, 0.2) is 40.1 Å². The third kappa shape index (κ3) is 2.40. The lowest BCUT2D eigenvalue weighted by atomic mass is 10.3. The molecule has 2 aromatic heterocycles. The van der Waals surface area contributed by atoms with Crippen LogP contribution < -0.4 is 0 Å². The Labute approximate surface area is 95.5 Å². The highest BCUT2D eigenvalue weighted by atomic mass is 32.2. The van der Waals surface area contributed by atoms with Gasteiger partial charge in [0.1, 0.15) is 10.8 Å². The highest BCUT2D eigenvalue weighted by Gasteiger charge is 2.11. The van der Waals surface area contributed by atoms with Crippen LogP contribution in [0.3, 0.4) is 0 Å². The number of carboxylic acids is 1. The largest absolute Gasteiger partial charge is 0.478 e. The first-order valence-electron chi connectivity index (χ1n) is 4.48. The van der Waals surface area contributed by atoms with E-state index in [0.29, 0.717) is 16.5 Å². The molecule has 0 aliphatic rings. The number of carbonyl (C=O) groups is 1. The normalized spacial score (nSPS) is 10.2. The molecule has 0 bridgehead atoms. The molecule has 1 N–H and O–H groups in total. The van der Waals surface area contributed by atoms with Crippen molar-refractivity contribution in [1.29, 1.82) is 0 Å². The molecule has 0 radical (unpaired) electrons. The molecule has 0 saturated heterocycles. The molecular formula is C10H8N2O3S. The van der Waals surface area contributed by atoms with Crippen LogP contribution in [0.4, 0.5) is 0 Å². The molecule has 16 heavy (non-hydrogen) atoms. The van der Waals surface area contributed by atoms with E-state index in [1.807, 2.05) is 0 Å². The Morgan fingerprint density at radius 1 is 1.44 bits per heavy atom. The summed E-state index contributed by atoms with van der Waals surface area (Å²) >= 11 is 1.31. The zero-order valence-corrected chi connectivity index (χ0v) is 8.98. The van der Waals surface area contributed by atoms with Gasteiger partial charge < -0.3 is 9.63 Å². The molecule has 5 nitrogen and oxygen atoms in total. The van der Waals surface area contributed by atoms with Gasteiger partial charge in [-0.25, -0.2) is 9.78 Å². The van der Waals surface area contributed by atoms with E-state index < -0.39 is 5.97 Å². The number of rotatable bonds is 4. The number of aromatic carboxylic acids is 1. The van der Waals surface area contributed by atoms with E-state index >= 15 is 0 Å². The summed E-state index contributed by atoms with van der Waals surface area (Å²) in [7, 11) is 0. The lowest BCUT2D eigenvalue weighted by Gasteiger charge is -2.01. The summed E-state index contributed by atoms with van der Waals surface area (Å²) in [6, 6.07) is 4.86. The second-order valence-electron chi connectivity index (χ2n) is 2.93. The Bertz CT molecular complexity index is 485. The van der Waals surface area contributed by atoms with Crippen molar-refractivity contribution in [2.24, 2.45) is 0 Å². The van der Waals surface area contributed by atoms with Crippen LogP contribution in [-0.4, -0.2) is 21.2 Å². The molecule has 0 aliphatic heterocycles. The number of pyridine rings is 1. The van der Waals surface area contributed by atoms with Crippen LogP contribution >= 0.6 is 11.8 Å². The molecule has 0 unspecified atom stereocenters. The monoisotopic (exact) mass is 236 g/mol. The Morgan fingerprint density at radius 3 is 3.00 bits per heavy atom. The molecule has 82 valence electrons. The Hall–Kier alpha value is -1.82. The summed E-state index contributed by atoms with van der Waals surface area (Å²) in [5.74, 6) is 0.220. The van der Waals surface area contributed by atoms with Gasteiger partial charge in [0.25, 0.3) is 0 Å². The van der Waals surface area contributed by atoms with Gasteiger partial charge in [-0.2, -0.15) is 0 Å². The molecule has 2 heterocycles. The zero-order valence-electron chi connectivity index (χ0n) is 8.16. The van der Waals surface area contributed by atoms with E-state index in [0.717, 1.165) is 0 Å². The second kappa shape index (κ2) is 4.80. The smallest absolute Gasteiger partial charge is 0.338 e. The number of aromatic nitrogens is 2. The molecular weight excluding hydrogens is 228 g/mol. The zero-order chi connectivity index (χ0) is 11.4. The first-order valence-corrected chi connectivity index (χ1v) is 5.46. The van der Waals surface area contributed by atoms with Crippen molar-refractivity contribution < 1.29 is 14.4 Å². The van der Waals surface area contributed by atoms with Gasteiger partial charge in [0.05, 0.1) is 17.5 Å². The molecule has 0 atom stereocenters. The fourth-order valence-corrected chi connectivity index (χ4v) is 2.00. The highest BCUT2D eigenvalue weighted by Crippen LogP contribution is 2.23. The lowest BCUT2D eigenvalue weighted by molar-refractivity contribution is 0.0692. The van der Waals surface area contributed by atoms with Crippen molar-refractivity contribution in [1.82, 2.24) is 10.1 Å². The number of nitrogens with zero attached hydrogens (tertiary/aromatic N) is 2. The average molecular weight is 236 g/mol. The topological polar surface area (TPSA) is 76.2 Å². The molecule has 2 aromatic rings. The minimum atomic E-state index is -0.979. The number of hydrogen-bond donors (Lipinski definition) is 1. The maximum Gasteiger partial charge on any atom is 0.338 e. The third-order valence-electron chi connectivity index (χ3n) is 1.84. The minimum Gasteiger partial charge on any atom is -0.478 e. The van der Waals surface area contributed by atoms with Crippen molar-refractivity contribution in [3.05, 3.63) is 41.9 Å². The van der Waals surface area contributed by atoms with E-state index in [1.54, 1.807) is 24.5 Å².